The predicted octanol–water partition coefficient (Wildman–Crippen LogP) is 12.6. The summed E-state index contributed by atoms with van der Waals surface area (Å²) >= 11 is 0. The molecule has 0 aliphatic heterocycles. The molecule has 0 aromatic heterocycles. The van der Waals surface area contributed by atoms with Crippen molar-refractivity contribution < 1.29 is 0 Å². The van der Waals surface area contributed by atoms with Gasteiger partial charge >= 0.3 is 262 Å². The normalized spacial score (nSPS) is 12.7. The second-order valence-electron chi connectivity index (χ2n) is 13.3. The van der Waals surface area contributed by atoms with E-state index in [0.29, 0.717) is 35.5 Å². The first-order chi connectivity index (χ1) is 18.5. The summed E-state index contributed by atoms with van der Waals surface area (Å²) in [4.78, 5) is 0. The van der Waals surface area contributed by atoms with Crippen LogP contribution >= 0.6 is 30.0 Å². The molecule has 218 valence electrons. The molecule has 3 aromatic carbocycles. The summed E-state index contributed by atoms with van der Waals surface area (Å²) in [5.41, 5.74) is 12.9. The summed E-state index contributed by atoms with van der Waals surface area (Å²) in [6.45, 7) is 27.4. The Hall–Kier alpha value is -0.927. The van der Waals surface area contributed by atoms with Crippen LogP contribution < -0.4 is 4.40 Å². The molecule has 0 heterocycles. The SMILES string of the molecule is CC(C)c1cc(C(C)C)c(-c2cccc(-c3c(C(C)C)cc(C(C)C)cc3C(C)C)[c]2[Ge]([Cl])([Cl])[Cl])c(C(C)C)c1. The third-order valence-electron chi connectivity index (χ3n) is 8.15. The van der Waals surface area contributed by atoms with Crippen LogP contribution in [0.15, 0.2) is 42.5 Å². The zero-order chi connectivity index (χ0) is 30.3. The monoisotopic (exact) mass is 660 g/mol. The van der Waals surface area contributed by atoms with Crippen molar-refractivity contribution in [3.63, 3.8) is 0 Å². The first-order valence-corrected chi connectivity index (χ1v) is 24.4. The molecule has 0 atom stereocenters. The van der Waals surface area contributed by atoms with Crippen LogP contribution in [0.4, 0.5) is 0 Å². The van der Waals surface area contributed by atoms with Gasteiger partial charge in [-0.05, 0) is 0 Å². The van der Waals surface area contributed by atoms with E-state index in [9.17, 15) is 0 Å². The van der Waals surface area contributed by atoms with Crippen molar-refractivity contribution >= 4 is 44.9 Å². The van der Waals surface area contributed by atoms with Crippen LogP contribution in [0, 0.1) is 0 Å². The van der Waals surface area contributed by atoms with Crippen molar-refractivity contribution in [3.05, 3.63) is 75.8 Å². The number of hydrogen-bond acceptors (Lipinski definition) is 0. The van der Waals surface area contributed by atoms with Crippen LogP contribution in [0.1, 0.15) is 152 Å². The Kier molecular flexibility index (Phi) is 11.0. The van der Waals surface area contributed by atoms with E-state index >= 15 is 0 Å². The molecule has 0 amide bonds. The molecule has 40 heavy (non-hydrogen) atoms. The molecular weight excluding hydrogens is 611 g/mol. The van der Waals surface area contributed by atoms with Gasteiger partial charge in [0.25, 0.3) is 0 Å². The third kappa shape index (κ3) is 6.99. The fraction of sp³-hybridized carbons (Fsp3) is 0.500. The molecule has 0 saturated heterocycles. The van der Waals surface area contributed by atoms with E-state index in [1.54, 1.807) is 0 Å². The van der Waals surface area contributed by atoms with Crippen LogP contribution in [0.3, 0.4) is 0 Å². The summed E-state index contributed by atoms with van der Waals surface area (Å²) < 4.78 is 0.967. The van der Waals surface area contributed by atoms with E-state index in [2.05, 4.69) is 126 Å². The van der Waals surface area contributed by atoms with E-state index in [4.69, 9.17) is 30.0 Å². The van der Waals surface area contributed by atoms with E-state index in [1.807, 2.05) is 0 Å². The van der Waals surface area contributed by atoms with Crippen molar-refractivity contribution in [3.8, 4) is 22.3 Å². The molecule has 0 fully saturated rings. The topological polar surface area (TPSA) is 0 Å². The zero-order valence-electron chi connectivity index (χ0n) is 26.6. The van der Waals surface area contributed by atoms with Gasteiger partial charge in [0, 0.05) is 0 Å². The van der Waals surface area contributed by atoms with Crippen LogP contribution in [0.25, 0.3) is 22.3 Å². The number of benzene rings is 3. The molecule has 0 aliphatic carbocycles. The van der Waals surface area contributed by atoms with Gasteiger partial charge in [-0.15, -0.1) is 0 Å². The van der Waals surface area contributed by atoms with Gasteiger partial charge in [-0.1, -0.05) is 0 Å². The van der Waals surface area contributed by atoms with Gasteiger partial charge in [0.1, 0.15) is 0 Å². The summed E-state index contributed by atoms with van der Waals surface area (Å²) in [6, 6.07) is 16.2. The Labute approximate surface area is 260 Å². The minimum absolute atomic E-state index is 0.341. The Bertz CT molecular complexity index is 1190. The molecule has 4 heteroatoms. The molecule has 0 radical (unpaired) electrons. The standard InChI is InChI=1S/C36H49Cl3Ge/c1-20(2)26-16-30(22(5)6)34(31(17-26)23(7)8)28-14-13-15-29(36(28)40(37,38)39)35-32(24(9)10)18-27(21(3)4)19-33(35)25(11)12/h13-25H,1-12H3. The second kappa shape index (κ2) is 13.2. The van der Waals surface area contributed by atoms with Gasteiger partial charge in [0.05, 0.1) is 0 Å². The molecule has 3 rings (SSSR count). The quantitative estimate of drug-likeness (QED) is 0.200. The molecule has 0 nitrogen and oxygen atoms in total. The molecule has 3 aromatic rings. The molecule has 0 bridgehead atoms. The van der Waals surface area contributed by atoms with Crippen molar-refractivity contribution in [2.45, 2.75) is 119 Å². The van der Waals surface area contributed by atoms with Gasteiger partial charge in [-0.3, -0.25) is 0 Å². The summed E-state index contributed by atoms with van der Waals surface area (Å²) in [6.07, 6.45) is 0. The van der Waals surface area contributed by atoms with E-state index < -0.39 is 10.5 Å². The summed E-state index contributed by atoms with van der Waals surface area (Å²) in [5, 5.41) is 0. The number of hydrogen-bond donors (Lipinski definition) is 0. The Morgan fingerprint density at radius 2 is 0.725 bits per heavy atom. The molecule has 0 N–H and O–H groups in total. The molecule has 0 spiro atoms. The number of rotatable bonds is 9. The molecule has 0 unspecified atom stereocenters. The summed E-state index contributed by atoms with van der Waals surface area (Å²) in [5.74, 6) is 2.26. The molecule has 0 aliphatic rings. The van der Waals surface area contributed by atoms with Crippen molar-refractivity contribution in [1.82, 2.24) is 0 Å². The van der Waals surface area contributed by atoms with Crippen molar-refractivity contribution in [2.24, 2.45) is 0 Å². The van der Waals surface area contributed by atoms with Crippen LogP contribution in [-0.4, -0.2) is 10.5 Å². The van der Waals surface area contributed by atoms with Crippen LogP contribution in [-0.2, 0) is 0 Å². The van der Waals surface area contributed by atoms with Crippen LogP contribution in [0.2, 0.25) is 0 Å². The van der Waals surface area contributed by atoms with Crippen molar-refractivity contribution in [1.29, 1.82) is 0 Å². The maximum atomic E-state index is 7.18. The Morgan fingerprint density at radius 3 is 0.925 bits per heavy atom. The second-order valence-corrected chi connectivity index (χ2v) is 28.3. The first kappa shape index (κ1) is 33.6. The van der Waals surface area contributed by atoms with E-state index in [0.717, 1.165) is 15.5 Å². The fourth-order valence-corrected chi connectivity index (χ4v) is 11.1. The average molecular weight is 661 g/mol. The number of halogens is 3. The van der Waals surface area contributed by atoms with Gasteiger partial charge in [-0.25, -0.2) is 0 Å². The Balaban J connectivity index is 2.60. The predicted molar refractivity (Wildman–Crippen MR) is 185 cm³/mol. The molecule has 0 saturated carbocycles. The van der Waals surface area contributed by atoms with Gasteiger partial charge in [0.15, 0.2) is 0 Å². The zero-order valence-corrected chi connectivity index (χ0v) is 31.0. The summed E-state index contributed by atoms with van der Waals surface area (Å²) in [7, 11) is 17.5. The third-order valence-corrected chi connectivity index (χ3v) is 13.4. The first-order valence-electron chi connectivity index (χ1n) is 15.0. The molecular formula is C36H49Cl3Ge. The van der Waals surface area contributed by atoms with Crippen LogP contribution in [0.5, 0.6) is 0 Å². The van der Waals surface area contributed by atoms with E-state index in [-0.39, 0.29) is 0 Å². The van der Waals surface area contributed by atoms with Gasteiger partial charge < -0.3 is 0 Å². The Morgan fingerprint density at radius 1 is 0.450 bits per heavy atom. The fourth-order valence-electron chi connectivity index (χ4n) is 5.81. The van der Waals surface area contributed by atoms with E-state index in [1.165, 1.54) is 44.5 Å². The van der Waals surface area contributed by atoms with Gasteiger partial charge in [0.2, 0.25) is 0 Å². The maximum absolute atomic E-state index is 7.18. The van der Waals surface area contributed by atoms with Crippen molar-refractivity contribution in [2.75, 3.05) is 0 Å². The minimum atomic E-state index is -3.99. The average Bonchev–Trinajstić information content (AvgIpc) is 2.85. The van der Waals surface area contributed by atoms with Gasteiger partial charge in [-0.2, -0.15) is 0 Å².